The summed E-state index contributed by atoms with van der Waals surface area (Å²) in [5.74, 6) is -0.474. The number of anilines is 3. The molecule has 0 unspecified atom stereocenters. The van der Waals surface area contributed by atoms with Crippen molar-refractivity contribution in [3.63, 3.8) is 0 Å². The molecule has 2 aromatic heterocycles. The van der Waals surface area contributed by atoms with Gasteiger partial charge in [0.15, 0.2) is 11.6 Å². The van der Waals surface area contributed by atoms with E-state index in [4.69, 9.17) is 0 Å². The Balaban J connectivity index is 1.52. The van der Waals surface area contributed by atoms with E-state index in [0.29, 0.717) is 22.2 Å². The zero-order chi connectivity index (χ0) is 24.6. The van der Waals surface area contributed by atoms with Gasteiger partial charge in [-0.3, -0.25) is 4.72 Å². The number of aromatic nitrogens is 4. The van der Waals surface area contributed by atoms with Crippen LogP contribution in [0, 0.1) is 0 Å². The lowest BCUT2D eigenvalue weighted by Crippen LogP contribution is -2.17. The molecular formula is C21H13F3N6O3S2. The highest BCUT2D eigenvalue weighted by molar-refractivity contribution is 7.93. The van der Waals surface area contributed by atoms with Crippen LogP contribution in [0.4, 0.5) is 30.5 Å². The lowest BCUT2D eigenvalue weighted by molar-refractivity contribution is -0.274. The van der Waals surface area contributed by atoms with Gasteiger partial charge >= 0.3 is 6.36 Å². The monoisotopic (exact) mass is 518 g/mol. The van der Waals surface area contributed by atoms with Crippen molar-refractivity contribution >= 4 is 61.1 Å². The van der Waals surface area contributed by atoms with Crippen molar-refractivity contribution in [2.75, 3.05) is 10.0 Å². The third-order valence-corrected chi connectivity index (χ3v) is 6.60. The highest BCUT2D eigenvalue weighted by Gasteiger charge is 2.31. The number of benzene rings is 3. The molecule has 0 amide bonds. The summed E-state index contributed by atoms with van der Waals surface area (Å²) in [5.41, 5.74) is 1.88. The largest absolute Gasteiger partial charge is 0.573 e. The molecule has 0 fully saturated rings. The van der Waals surface area contributed by atoms with Crippen molar-refractivity contribution in [3.8, 4) is 5.75 Å². The van der Waals surface area contributed by atoms with Crippen molar-refractivity contribution in [2.24, 2.45) is 0 Å². The normalized spacial score (nSPS) is 12.1. The molecule has 0 atom stereocenters. The van der Waals surface area contributed by atoms with E-state index < -0.39 is 22.1 Å². The number of ether oxygens (including phenoxy) is 1. The minimum atomic E-state index is -4.82. The van der Waals surface area contributed by atoms with Crippen molar-refractivity contribution < 1.29 is 26.3 Å². The molecule has 3 aromatic carbocycles. The summed E-state index contributed by atoms with van der Waals surface area (Å²) in [6, 6.07) is 16.3. The number of nitrogens with one attached hydrogen (secondary N) is 2. The van der Waals surface area contributed by atoms with E-state index in [1.54, 1.807) is 36.4 Å². The molecule has 0 aliphatic rings. The van der Waals surface area contributed by atoms with Crippen molar-refractivity contribution in [1.29, 1.82) is 0 Å². The minimum Gasteiger partial charge on any atom is -0.406 e. The van der Waals surface area contributed by atoms with Gasteiger partial charge in [-0.15, -0.1) is 13.2 Å². The van der Waals surface area contributed by atoms with Crippen LogP contribution < -0.4 is 14.8 Å². The van der Waals surface area contributed by atoms with Gasteiger partial charge in [0.05, 0.1) is 22.8 Å². The summed E-state index contributed by atoms with van der Waals surface area (Å²) in [6.45, 7) is 0. The molecule has 0 radical (unpaired) electrons. The quantitative estimate of drug-likeness (QED) is 0.320. The van der Waals surface area contributed by atoms with Gasteiger partial charge in [0, 0.05) is 5.69 Å². The highest BCUT2D eigenvalue weighted by atomic mass is 32.2. The zero-order valence-corrected chi connectivity index (χ0v) is 18.9. The number of para-hydroxylation sites is 2. The predicted molar refractivity (Wildman–Crippen MR) is 124 cm³/mol. The van der Waals surface area contributed by atoms with Gasteiger partial charge in [0.2, 0.25) is 0 Å². The number of sulfonamides is 1. The summed E-state index contributed by atoms with van der Waals surface area (Å²) in [4.78, 5) is 8.75. The maximum atomic E-state index is 13.2. The Morgan fingerprint density at radius 2 is 1.46 bits per heavy atom. The summed E-state index contributed by atoms with van der Waals surface area (Å²) >= 11 is 0.888. The van der Waals surface area contributed by atoms with Gasteiger partial charge in [0.1, 0.15) is 21.7 Å². The van der Waals surface area contributed by atoms with Crippen LogP contribution in [-0.4, -0.2) is 33.5 Å². The Labute approximate surface area is 200 Å². The number of halogens is 3. The van der Waals surface area contributed by atoms with Crippen LogP contribution in [0.1, 0.15) is 0 Å². The molecule has 35 heavy (non-hydrogen) atoms. The smallest absolute Gasteiger partial charge is 0.406 e. The molecular weight excluding hydrogens is 505 g/mol. The zero-order valence-electron chi connectivity index (χ0n) is 17.3. The molecule has 14 heteroatoms. The first-order chi connectivity index (χ1) is 16.7. The molecule has 5 aromatic rings. The van der Waals surface area contributed by atoms with Crippen molar-refractivity contribution in [2.45, 2.75) is 11.3 Å². The molecule has 2 N–H and O–H groups in total. The molecule has 178 valence electrons. The second-order valence-electron chi connectivity index (χ2n) is 7.10. The van der Waals surface area contributed by atoms with Gasteiger partial charge in [-0.2, -0.15) is 8.75 Å². The molecule has 0 spiro atoms. The topological polar surface area (TPSA) is 119 Å². The van der Waals surface area contributed by atoms with E-state index in [9.17, 15) is 21.6 Å². The van der Waals surface area contributed by atoms with Crippen LogP contribution >= 0.6 is 11.7 Å². The molecule has 9 nitrogen and oxygen atoms in total. The first kappa shape index (κ1) is 22.7. The lowest BCUT2D eigenvalue weighted by atomic mass is 10.3. The molecule has 0 saturated heterocycles. The summed E-state index contributed by atoms with van der Waals surface area (Å²) < 4.78 is 78.2. The van der Waals surface area contributed by atoms with E-state index in [2.05, 4.69) is 33.5 Å². The standard InChI is InChI=1S/C21H13F3N6O3S2/c22-21(23,24)33-13-10-8-12(9-11-13)25-19-20(27-15-5-2-1-4-14(15)26-19)30-35(31,32)17-7-3-6-16-18(17)29-34-28-16/h1-11H,(H,25,26)(H,27,30). The molecule has 0 bridgehead atoms. The van der Waals surface area contributed by atoms with Gasteiger partial charge in [-0.25, -0.2) is 18.4 Å². The summed E-state index contributed by atoms with van der Waals surface area (Å²) in [6.07, 6.45) is -4.82. The summed E-state index contributed by atoms with van der Waals surface area (Å²) in [7, 11) is -4.15. The molecule has 0 aliphatic heterocycles. The molecule has 0 saturated carbocycles. The fourth-order valence-corrected chi connectivity index (χ4v) is 4.99. The Morgan fingerprint density at radius 3 is 2.14 bits per heavy atom. The van der Waals surface area contributed by atoms with Gasteiger partial charge < -0.3 is 10.1 Å². The van der Waals surface area contributed by atoms with E-state index in [-0.39, 0.29) is 22.0 Å². The number of fused-ring (bicyclic) bond motifs is 2. The fraction of sp³-hybridized carbons (Fsp3) is 0.0476. The fourth-order valence-electron chi connectivity index (χ4n) is 3.22. The molecule has 2 heterocycles. The average Bonchev–Trinajstić information content (AvgIpc) is 3.28. The summed E-state index contributed by atoms with van der Waals surface area (Å²) in [5, 5.41) is 2.90. The second-order valence-corrected chi connectivity index (χ2v) is 9.28. The first-order valence-electron chi connectivity index (χ1n) is 9.82. The van der Waals surface area contributed by atoms with Crippen LogP contribution in [-0.2, 0) is 10.0 Å². The number of rotatable bonds is 6. The van der Waals surface area contributed by atoms with Gasteiger partial charge in [0.25, 0.3) is 10.0 Å². The number of nitrogens with zero attached hydrogens (tertiary/aromatic N) is 4. The highest BCUT2D eigenvalue weighted by Crippen LogP contribution is 2.30. The minimum absolute atomic E-state index is 0.0420. The Morgan fingerprint density at radius 1 is 0.800 bits per heavy atom. The van der Waals surface area contributed by atoms with E-state index in [1.807, 2.05) is 0 Å². The van der Waals surface area contributed by atoms with E-state index in [1.165, 1.54) is 18.2 Å². The number of hydrogen-bond acceptors (Lipinski definition) is 9. The molecule has 0 aliphatic carbocycles. The Kier molecular flexibility index (Phi) is 5.61. The maximum Gasteiger partial charge on any atom is 0.573 e. The average molecular weight is 519 g/mol. The van der Waals surface area contributed by atoms with Crippen LogP contribution in [0.2, 0.25) is 0 Å². The third kappa shape index (κ3) is 4.93. The van der Waals surface area contributed by atoms with Gasteiger partial charge in [-0.1, -0.05) is 18.2 Å². The van der Waals surface area contributed by atoms with E-state index >= 15 is 0 Å². The molecule has 5 rings (SSSR count). The van der Waals surface area contributed by atoms with Crippen molar-refractivity contribution in [1.82, 2.24) is 18.7 Å². The maximum absolute atomic E-state index is 13.2. The van der Waals surface area contributed by atoms with Crippen molar-refractivity contribution in [3.05, 3.63) is 66.7 Å². The van der Waals surface area contributed by atoms with Crippen LogP contribution in [0.3, 0.4) is 0 Å². The lowest BCUT2D eigenvalue weighted by Gasteiger charge is -2.14. The van der Waals surface area contributed by atoms with Crippen LogP contribution in [0.5, 0.6) is 5.75 Å². The third-order valence-electron chi connectivity index (χ3n) is 4.69. The Bertz CT molecular complexity index is 1640. The number of hydrogen-bond donors (Lipinski definition) is 2. The first-order valence-corrected chi connectivity index (χ1v) is 12.0. The van der Waals surface area contributed by atoms with Gasteiger partial charge in [-0.05, 0) is 48.5 Å². The second kappa shape index (κ2) is 8.63. The van der Waals surface area contributed by atoms with Crippen LogP contribution in [0.15, 0.2) is 71.6 Å². The van der Waals surface area contributed by atoms with Crippen LogP contribution in [0.25, 0.3) is 22.1 Å². The number of alkyl halides is 3. The predicted octanol–water partition coefficient (Wildman–Crippen LogP) is 5.08. The Hall–Kier alpha value is -4.04. The SMILES string of the molecule is O=S(=O)(Nc1nc2ccccc2nc1Nc1ccc(OC(F)(F)F)cc1)c1cccc2nsnc12. The van der Waals surface area contributed by atoms with E-state index in [0.717, 1.165) is 23.9 Å².